The fourth-order valence-corrected chi connectivity index (χ4v) is 9.35. The van der Waals surface area contributed by atoms with E-state index in [-0.39, 0.29) is 19.4 Å². The maximum Gasteiger partial charge on any atom is 0.269 e. The Morgan fingerprint density at radius 2 is 1.32 bits per heavy atom. The highest BCUT2D eigenvalue weighted by atomic mass is 28.4. The number of nitrogens with one attached hydrogen (secondary N) is 2. The van der Waals surface area contributed by atoms with E-state index >= 15 is 0 Å². The van der Waals surface area contributed by atoms with E-state index in [0.717, 1.165) is 10.4 Å². The van der Waals surface area contributed by atoms with E-state index in [1.54, 1.807) is 0 Å². The Bertz CT molecular complexity index is 260. The van der Waals surface area contributed by atoms with Crippen molar-refractivity contribution in [1.29, 1.82) is 0 Å². The highest BCUT2D eigenvalue weighted by Gasteiger charge is 2.09. The van der Waals surface area contributed by atoms with Crippen LogP contribution >= 0.6 is 0 Å². The van der Waals surface area contributed by atoms with Crippen molar-refractivity contribution in [2.75, 3.05) is 35.2 Å². The van der Waals surface area contributed by atoms with Gasteiger partial charge in [-0.05, 0) is 47.8 Å². The summed E-state index contributed by atoms with van der Waals surface area (Å²) in [5, 5.41) is 0. The summed E-state index contributed by atoms with van der Waals surface area (Å²) >= 11 is 0. The van der Waals surface area contributed by atoms with Crippen LogP contribution in [0.15, 0.2) is 0 Å². The second-order valence-corrected chi connectivity index (χ2v) is 26.1. The predicted molar refractivity (Wildman–Crippen MR) is 142 cm³/mol. The van der Waals surface area contributed by atoms with Crippen LogP contribution in [0.4, 0.5) is 0 Å². The lowest BCUT2D eigenvalue weighted by atomic mass is 11.5. The molecule has 0 amide bonds. The zero-order valence-electron chi connectivity index (χ0n) is 19.3. The molecule has 15 heteroatoms. The second-order valence-electron chi connectivity index (χ2n) is 6.82. The predicted octanol–water partition coefficient (Wildman–Crippen LogP) is -5.92. The molecule has 0 rings (SSSR count). The largest absolute Gasteiger partial charge is 0.360 e. The number of rotatable bonds is 9. The average Bonchev–Trinajstić information content (AvgIpc) is 2.55. The summed E-state index contributed by atoms with van der Waals surface area (Å²) in [5.74, 6) is 0. The molecular weight excluding hydrogens is 445 g/mol. The first-order valence-electron chi connectivity index (χ1n) is 9.21. The lowest BCUT2D eigenvalue weighted by molar-refractivity contribution is 0.0516. The van der Waals surface area contributed by atoms with Gasteiger partial charge in [-0.3, -0.25) is 0 Å². The van der Waals surface area contributed by atoms with E-state index in [9.17, 15) is 0 Å². The first-order chi connectivity index (χ1) is 11.4. The maximum absolute atomic E-state index is 5.66. The number of hydrogen-bond acceptors (Lipinski definition) is 7. The summed E-state index contributed by atoms with van der Waals surface area (Å²) in [6.45, 7) is 11.4. The normalized spacial score (nSPS) is 16.1. The molecule has 0 heterocycles. The van der Waals surface area contributed by atoms with Crippen LogP contribution in [0.25, 0.3) is 0 Å². The maximum atomic E-state index is 5.66. The van der Waals surface area contributed by atoms with E-state index in [4.69, 9.17) is 4.53 Å². The molecule has 0 radical (unpaired) electrons. The van der Waals surface area contributed by atoms with Gasteiger partial charge in [-0.25, -0.2) is 4.73 Å². The van der Waals surface area contributed by atoms with Crippen LogP contribution in [0.5, 0.6) is 0 Å². The van der Waals surface area contributed by atoms with Crippen molar-refractivity contribution in [3.05, 3.63) is 0 Å². The van der Waals surface area contributed by atoms with Gasteiger partial charge in [0.2, 0.25) is 0 Å². The molecule has 0 aliphatic heterocycles. The summed E-state index contributed by atoms with van der Waals surface area (Å²) in [6.07, 6.45) is 0. The summed E-state index contributed by atoms with van der Waals surface area (Å²) in [5.41, 5.74) is 0. The Balaban J connectivity index is -0.000000308. The number of hydrogen-bond donors (Lipinski definition) is 2. The van der Waals surface area contributed by atoms with Gasteiger partial charge in [-0.2, -0.15) is 0 Å². The number of nitrogens with zero attached hydrogens (tertiary/aromatic N) is 4. The summed E-state index contributed by atoms with van der Waals surface area (Å²) < 4.78 is 18.5. The van der Waals surface area contributed by atoms with Crippen molar-refractivity contribution in [3.63, 3.8) is 0 Å². The van der Waals surface area contributed by atoms with Crippen molar-refractivity contribution < 1.29 is 4.53 Å². The molecule has 0 saturated carbocycles. The van der Waals surface area contributed by atoms with Gasteiger partial charge in [-0.1, -0.05) is 13.1 Å². The Morgan fingerprint density at radius 1 is 0.880 bits per heavy atom. The van der Waals surface area contributed by atoms with E-state index < -0.39 is 27.4 Å². The molecule has 3 atom stereocenters. The van der Waals surface area contributed by atoms with Crippen LogP contribution in [-0.2, 0) is 4.53 Å². The summed E-state index contributed by atoms with van der Waals surface area (Å²) in [4.78, 5) is 3.30. The molecule has 0 aromatic heterocycles. The molecule has 25 heavy (non-hydrogen) atoms. The molecule has 0 aliphatic carbocycles. The Hall–Kier alpha value is 1.46. The molecule has 0 fully saturated rings. The molecule has 0 aliphatic rings. The zero-order chi connectivity index (χ0) is 20.6. The first kappa shape index (κ1) is 31.2. The SMILES string of the molecule is CN[SiH](C)N[SiH](C)N(C)[SiH3].C[SiH2]N(C)O[SiH](C)N(C)[SiH3].C[SiH2]N(C)[SiH3]. The Kier molecular flexibility index (Phi) is 25.2. The van der Waals surface area contributed by atoms with Crippen molar-refractivity contribution in [3.8, 4) is 0 Å². The van der Waals surface area contributed by atoms with Gasteiger partial charge in [0.15, 0.2) is 18.2 Å². The third kappa shape index (κ3) is 25.5. The molecule has 0 bridgehead atoms. The van der Waals surface area contributed by atoms with Crippen molar-refractivity contribution in [2.45, 2.75) is 32.7 Å². The van der Waals surface area contributed by atoms with Gasteiger partial charge >= 0.3 is 0 Å². The molecular formula is C10H48N6OSi8. The third-order valence-corrected chi connectivity index (χ3v) is 21.3. The van der Waals surface area contributed by atoms with Crippen molar-refractivity contribution in [2.24, 2.45) is 0 Å². The highest BCUT2D eigenvalue weighted by Crippen LogP contribution is 1.90. The second kappa shape index (κ2) is 20.2. The minimum Gasteiger partial charge on any atom is -0.360 e. The highest BCUT2D eigenvalue weighted by molar-refractivity contribution is 6.71. The fourth-order valence-electron chi connectivity index (χ4n) is 1.02. The molecule has 2 N–H and O–H groups in total. The van der Waals surface area contributed by atoms with Crippen molar-refractivity contribution >= 4 is 78.0 Å². The van der Waals surface area contributed by atoms with Gasteiger partial charge in [0.1, 0.15) is 9.68 Å². The van der Waals surface area contributed by atoms with Gasteiger partial charge in [0.05, 0.1) is 40.9 Å². The van der Waals surface area contributed by atoms with Crippen LogP contribution in [-0.4, -0.2) is 131 Å². The third-order valence-electron chi connectivity index (χ3n) is 3.84. The van der Waals surface area contributed by atoms with Crippen molar-refractivity contribution in [1.82, 2.24) is 27.1 Å². The molecule has 156 valence electrons. The molecule has 0 aromatic rings. The monoisotopic (exact) mass is 492 g/mol. The summed E-state index contributed by atoms with van der Waals surface area (Å²) in [6, 6.07) is 0. The number of hydroxylamine groups is 1. The molecule has 0 saturated heterocycles. The van der Waals surface area contributed by atoms with E-state index in [0.29, 0.717) is 0 Å². The molecule has 3 unspecified atom stereocenters. The topological polar surface area (TPSA) is 46.2 Å². The smallest absolute Gasteiger partial charge is 0.269 e. The van der Waals surface area contributed by atoms with Gasteiger partial charge in [-0.15, -0.1) is 0 Å². The molecule has 0 aromatic carbocycles. The Morgan fingerprint density at radius 3 is 1.56 bits per heavy atom. The lowest BCUT2D eigenvalue weighted by Gasteiger charge is -2.24. The quantitative estimate of drug-likeness (QED) is 0.245. The van der Waals surface area contributed by atoms with Gasteiger partial charge in [0.25, 0.3) is 9.20 Å². The molecule has 0 spiro atoms. The van der Waals surface area contributed by atoms with Crippen LogP contribution in [0.2, 0.25) is 32.7 Å². The zero-order valence-corrected chi connectivity index (χ0v) is 31.6. The fraction of sp³-hybridized carbons (Fsp3) is 1.00. The van der Waals surface area contributed by atoms with Crippen LogP contribution in [0.1, 0.15) is 0 Å². The van der Waals surface area contributed by atoms with Gasteiger partial charge in [0, 0.05) is 7.05 Å². The van der Waals surface area contributed by atoms with Crippen LogP contribution in [0, 0.1) is 0 Å². The lowest BCUT2D eigenvalue weighted by Crippen LogP contribution is -2.55. The van der Waals surface area contributed by atoms with Gasteiger partial charge < -0.3 is 26.9 Å². The van der Waals surface area contributed by atoms with E-state index in [2.05, 4.69) is 76.2 Å². The first-order valence-corrected chi connectivity index (χ1v) is 22.7. The minimum absolute atomic E-state index is 0.102. The Labute approximate surface area is 177 Å². The van der Waals surface area contributed by atoms with E-state index in [1.165, 1.54) is 20.8 Å². The van der Waals surface area contributed by atoms with Crippen LogP contribution in [0.3, 0.4) is 0 Å². The summed E-state index contributed by atoms with van der Waals surface area (Å²) in [7, 11) is 11.9. The van der Waals surface area contributed by atoms with E-state index in [1.807, 2.05) is 18.8 Å². The standard InChI is InChI=1S/C4H19N3Si3.C4H18N2OSi3.C2H11NSi2/c1-5-9(3)6-10(4)7(2)8;1-5(9-3)7-10(4)6(2)8;1-3(4)5-2/h5-6,9-10H,1-4,8H3;10H,9H2,1-4,8H3;5H2,1-2,4H3. The minimum atomic E-state index is -0.995. The average molecular weight is 493 g/mol. The van der Waals surface area contributed by atoms with Crippen LogP contribution < -0.4 is 9.63 Å². The molecule has 7 nitrogen and oxygen atoms in total.